The van der Waals surface area contributed by atoms with E-state index < -0.39 is 0 Å². The molecule has 1 atom stereocenters. The molecule has 0 spiro atoms. The fourth-order valence-corrected chi connectivity index (χ4v) is 4.44. The largest absolute Gasteiger partial charge is 0.493 e. The van der Waals surface area contributed by atoms with E-state index in [1.807, 2.05) is 42.5 Å². The van der Waals surface area contributed by atoms with Crippen LogP contribution in [-0.4, -0.2) is 74.5 Å². The molecule has 2 aliphatic heterocycles. The molecule has 2 saturated heterocycles. The SMILES string of the molecule is COc1ccc(CC(=O)N2CCN(C(=O)[C@@H]3CC(=O)N(c4ccccc4)C3)CC2)cc1OC. The van der Waals surface area contributed by atoms with E-state index in [2.05, 4.69) is 0 Å². The Labute approximate surface area is 193 Å². The van der Waals surface area contributed by atoms with E-state index >= 15 is 0 Å². The Bertz CT molecular complexity index is 1020. The molecule has 0 unspecified atom stereocenters. The molecular weight excluding hydrogens is 422 g/mol. The first-order valence-corrected chi connectivity index (χ1v) is 11.1. The number of amides is 3. The summed E-state index contributed by atoms with van der Waals surface area (Å²) in [6.07, 6.45) is 0.490. The summed E-state index contributed by atoms with van der Waals surface area (Å²) >= 11 is 0. The maximum atomic E-state index is 13.0. The molecule has 4 rings (SSSR count). The summed E-state index contributed by atoms with van der Waals surface area (Å²) in [6.45, 7) is 2.33. The van der Waals surface area contributed by atoms with Gasteiger partial charge in [-0.25, -0.2) is 0 Å². The molecule has 174 valence electrons. The molecular formula is C25H29N3O5. The quantitative estimate of drug-likeness (QED) is 0.671. The zero-order chi connectivity index (χ0) is 23.4. The molecule has 33 heavy (non-hydrogen) atoms. The van der Waals surface area contributed by atoms with Gasteiger partial charge < -0.3 is 24.2 Å². The van der Waals surface area contributed by atoms with Crippen molar-refractivity contribution in [3.63, 3.8) is 0 Å². The van der Waals surface area contributed by atoms with Crippen LogP contribution >= 0.6 is 0 Å². The average molecular weight is 452 g/mol. The number of hydrogen-bond acceptors (Lipinski definition) is 5. The minimum absolute atomic E-state index is 0.00577. The first-order valence-electron chi connectivity index (χ1n) is 11.1. The van der Waals surface area contributed by atoms with E-state index in [4.69, 9.17) is 9.47 Å². The Kier molecular flexibility index (Phi) is 6.82. The number of ether oxygens (including phenoxy) is 2. The Morgan fingerprint density at radius 1 is 0.909 bits per heavy atom. The van der Waals surface area contributed by atoms with E-state index in [1.165, 1.54) is 0 Å². The van der Waals surface area contributed by atoms with E-state index in [9.17, 15) is 14.4 Å². The lowest BCUT2D eigenvalue weighted by molar-refractivity contribution is -0.141. The fraction of sp³-hybridized carbons (Fsp3) is 0.400. The molecule has 0 N–H and O–H groups in total. The zero-order valence-corrected chi connectivity index (χ0v) is 19.0. The highest BCUT2D eigenvalue weighted by molar-refractivity contribution is 6.00. The van der Waals surface area contributed by atoms with Crippen molar-refractivity contribution in [3.05, 3.63) is 54.1 Å². The highest BCUT2D eigenvalue weighted by atomic mass is 16.5. The van der Waals surface area contributed by atoms with Crippen molar-refractivity contribution in [2.45, 2.75) is 12.8 Å². The first kappa shape index (κ1) is 22.6. The maximum absolute atomic E-state index is 13.0. The van der Waals surface area contributed by atoms with Gasteiger partial charge in [-0.2, -0.15) is 0 Å². The van der Waals surface area contributed by atoms with E-state index in [-0.39, 0.29) is 36.5 Å². The molecule has 0 radical (unpaired) electrons. The second-order valence-electron chi connectivity index (χ2n) is 8.31. The second kappa shape index (κ2) is 9.94. The van der Waals surface area contributed by atoms with Gasteiger partial charge in [0.05, 0.1) is 26.6 Å². The standard InChI is InChI=1S/C25H29N3O5/c1-32-21-9-8-18(14-22(21)33-2)15-23(29)26-10-12-27(13-11-26)25(31)19-16-24(30)28(17-19)20-6-4-3-5-7-20/h3-9,14,19H,10-13,15-17H2,1-2H3/t19-/m1/s1. The number of piperazine rings is 1. The lowest BCUT2D eigenvalue weighted by atomic mass is 10.1. The van der Waals surface area contributed by atoms with Crippen LogP contribution in [0.15, 0.2) is 48.5 Å². The van der Waals surface area contributed by atoms with Crippen LogP contribution in [0, 0.1) is 5.92 Å². The maximum Gasteiger partial charge on any atom is 0.228 e. The smallest absolute Gasteiger partial charge is 0.228 e. The number of rotatable bonds is 6. The highest BCUT2D eigenvalue weighted by Gasteiger charge is 2.38. The average Bonchev–Trinajstić information content (AvgIpc) is 3.25. The summed E-state index contributed by atoms with van der Waals surface area (Å²) in [5.74, 6) is 0.857. The summed E-state index contributed by atoms with van der Waals surface area (Å²) in [4.78, 5) is 43.6. The van der Waals surface area contributed by atoms with E-state index in [0.717, 1.165) is 11.3 Å². The van der Waals surface area contributed by atoms with Crippen molar-refractivity contribution in [2.24, 2.45) is 5.92 Å². The van der Waals surface area contributed by atoms with Gasteiger partial charge in [-0.3, -0.25) is 14.4 Å². The lowest BCUT2D eigenvalue weighted by Crippen LogP contribution is -2.52. The Balaban J connectivity index is 1.30. The molecule has 8 nitrogen and oxygen atoms in total. The number of para-hydroxylation sites is 1. The number of nitrogens with zero attached hydrogens (tertiary/aromatic N) is 3. The molecule has 0 aromatic heterocycles. The van der Waals surface area contributed by atoms with Crippen LogP contribution in [0.1, 0.15) is 12.0 Å². The molecule has 2 aliphatic rings. The lowest BCUT2D eigenvalue weighted by Gasteiger charge is -2.36. The number of carbonyl (C=O) groups is 3. The van der Waals surface area contributed by atoms with Crippen molar-refractivity contribution in [2.75, 3.05) is 51.8 Å². The third kappa shape index (κ3) is 4.94. The van der Waals surface area contributed by atoms with Gasteiger partial charge in [-0.05, 0) is 29.8 Å². The Morgan fingerprint density at radius 2 is 1.58 bits per heavy atom. The number of benzene rings is 2. The normalized spacial score (nSPS) is 18.4. The second-order valence-corrected chi connectivity index (χ2v) is 8.31. The summed E-state index contributed by atoms with van der Waals surface area (Å²) < 4.78 is 10.6. The summed E-state index contributed by atoms with van der Waals surface area (Å²) in [5.41, 5.74) is 1.67. The molecule has 2 aromatic rings. The third-order valence-corrected chi connectivity index (χ3v) is 6.29. The highest BCUT2D eigenvalue weighted by Crippen LogP contribution is 2.28. The first-order chi connectivity index (χ1) is 16.0. The number of carbonyl (C=O) groups excluding carboxylic acids is 3. The minimum Gasteiger partial charge on any atom is -0.493 e. The van der Waals surface area contributed by atoms with Gasteiger partial charge in [0.25, 0.3) is 0 Å². The van der Waals surface area contributed by atoms with Crippen molar-refractivity contribution in [1.29, 1.82) is 0 Å². The number of anilines is 1. The predicted molar refractivity (Wildman–Crippen MR) is 123 cm³/mol. The van der Waals surface area contributed by atoms with Gasteiger partial charge in [0, 0.05) is 44.8 Å². The van der Waals surface area contributed by atoms with Crippen molar-refractivity contribution in [1.82, 2.24) is 9.80 Å². The molecule has 2 aromatic carbocycles. The van der Waals surface area contributed by atoms with Crippen LogP contribution in [0.4, 0.5) is 5.69 Å². The summed E-state index contributed by atoms with van der Waals surface area (Å²) in [5, 5.41) is 0. The van der Waals surface area contributed by atoms with Gasteiger partial charge in [0.2, 0.25) is 17.7 Å². The molecule has 0 aliphatic carbocycles. The Hall–Kier alpha value is -3.55. The number of methoxy groups -OCH3 is 2. The van der Waals surface area contributed by atoms with Crippen molar-refractivity contribution in [3.8, 4) is 11.5 Å². The molecule has 0 saturated carbocycles. The van der Waals surface area contributed by atoms with Gasteiger partial charge in [-0.15, -0.1) is 0 Å². The number of hydrogen-bond donors (Lipinski definition) is 0. The third-order valence-electron chi connectivity index (χ3n) is 6.29. The van der Waals surface area contributed by atoms with Gasteiger partial charge in [0.15, 0.2) is 11.5 Å². The van der Waals surface area contributed by atoms with Crippen LogP contribution in [0.3, 0.4) is 0 Å². The van der Waals surface area contributed by atoms with Crippen LogP contribution in [0.25, 0.3) is 0 Å². The summed E-state index contributed by atoms with van der Waals surface area (Å²) in [7, 11) is 3.14. The van der Waals surface area contributed by atoms with Crippen LogP contribution < -0.4 is 14.4 Å². The molecule has 2 fully saturated rings. The Morgan fingerprint density at radius 3 is 2.24 bits per heavy atom. The molecule has 3 amide bonds. The van der Waals surface area contributed by atoms with Gasteiger partial charge in [-0.1, -0.05) is 24.3 Å². The van der Waals surface area contributed by atoms with Gasteiger partial charge >= 0.3 is 0 Å². The minimum atomic E-state index is -0.341. The predicted octanol–water partition coefficient (Wildman–Crippen LogP) is 1.97. The van der Waals surface area contributed by atoms with Crippen molar-refractivity contribution >= 4 is 23.4 Å². The molecule has 0 bridgehead atoms. The van der Waals surface area contributed by atoms with Crippen LogP contribution in [0.2, 0.25) is 0 Å². The summed E-state index contributed by atoms with van der Waals surface area (Å²) in [6, 6.07) is 14.9. The van der Waals surface area contributed by atoms with Crippen molar-refractivity contribution < 1.29 is 23.9 Å². The fourth-order valence-electron chi connectivity index (χ4n) is 4.44. The molecule has 2 heterocycles. The van der Waals surface area contributed by atoms with Crippen LogP contribution in [0.5, 0.6) is 11.5 Å². The monoisotopic (exact) mass is 451 g/mol. The zero-order valence-electron chi connectivity index (χ0n) is 19.0. The van der Waals surface area contributed by atoms with Crippen LogP contribution in [-0.2, 0) is 20.8 Å². The van der Waals surface area contributed by atoms with E-state index in [0.29, 0.717) is 44.2 Å². The molecule has 8 heteroatoms. The van der Waals surface area contributed by atoms with Gasteiger partial charge in [0.1, 0.15) is 0 Å². The topological polar surface area (TPSA) is 79.4 Å². The van der Waals surface area contributed by atoms with E-state index in [1.54, 1.807) is 35.0 Å².